The first-order valence-corrected chi connectivity index (χ1v) is 9.74. The van der Waals surface area contributed by atoms with Gasteiger partial charge in [0.1, 0.15) is 11.8 Å². The average molecular weight is 395 g/mol. The second-order valence-electron chi connectivity index (χ2n) is 6.36. The van der Waals surface area contributed by atoms with Gasteiger partial charge in [0.15, 0.2) is 0 Å². The van der Waals surface area contributed by atoms with Crippen LogP contribution in [0.15, 0.2) is 52.0 Å². The highest BCUT2D eigenvalue weighted by Gasteiger charge is 2.27. The molecule has 1 aromatic heterocycles. The van der Waals surface area contributed by atoms with Gasteiger partial charge < -0.3 is 9.73 Å². The summed E-state index contributed by atoms with van der Waals surface area (Å²) in [7, 11) is -4.12. The highest BCUT2D eigenvalue weighted by atomic mass is 32.2. The monoisotopic (exact) mass is 395 g/mol. The lowest BCUT2D eigenvalue weighted by atomic mass is 10.0. The van der Waals surface area contributed by atoms with Crippen LogP contribution in [-0.4, -0.2) is 25.3 Å². The van der Waals surface area contributed by atoms with E-state index in [1.165, 1.54) is 24.5 Å². The maximum atomic E-state index is 12.6. The minimum absolute atomic E-state index is 0.0390. The SMILES string of the molecule is CC(C)C[C@@H](NS(=O)(=O)c1cccc([N+](=O)[O-])c1)C(=O)NCc1ccco1. The summed E-state index contributed by atoms with van der Waals surface area (Å²) in [6.07, 6.45) is 1.73. The van der Waals surface area contributed by atoms with Crippen LogP contribution < -0.4 is 10.0 Å². The van der Waals surface area contributed by atoms with Gasteiger partial charge in [-0.3, -0.25) is 14.9 Å². The van der Waals surface area contributed by atoms with Gasteiger partial charge in [0, 0.05) is 12.1 Å². The number of nitrogens with zero attached hydrogens (tertiary/aromatic N) is 1. The minimum Gasteiger partial charge on any atom is -0.467 e. The number of carbonyl (C=O) groups is 1. The van der Waals surface area contributed by atoms with Crippen molar-refractivity contribution in [1.29, 1.82) is 0 Å². The lowest BCUT2D eigenvalue weighted by Gasteiger charge is -2.20. The molecule has 9 nitrogen and oxygen atoms in total. The molecule has 146 valence electrons. The summed E-state index contributed by atoms with van der Waals surface area (Å²) in [5.74, 6) is 0.0690. The number of sulfonamides is 1. The Labute approximate surface area is 157 Å². The number of nitrogens with one attached hydrogen (secondary N) is 2. The van der Waals surface area contributed by atoms with Crippen molar-refractivity contribution >= 4 is 21.6 Å². The van der Waals surface area contributed by atoms with Gasteiger partial charge >= 0.3 is 0 Å². The van der Waals surface area contributed by atoms with E-state index >= 15 is 0 Å². The van der Waals surface area contributed by atoms with Crippen LogP contribution in [0.4, 0.5) is 5.69 Å². The van der Waals surface area contributed by atoms with Gasteiger partial charge in [0.05, 0.1) is 22.6 Å². The van der Waals surface area contributed by atoms with Crippen molar-refractivity contribution in [1.82, 2.24) is 10.0 Å². The summed E-state index contributed by atoms with van der Waals surface area (Å²) in [6, 6.07) is 7.01. The predicted octanol–water partition coefficient (Wildman–Crippen LogP) is 2.20. The van der Waals surface area contributed by atoms with Crippen LogP contribution >= 0.6 is 0 Å². The van der Waals surface area contributed by atoms with Crippen molar-refractivity contribution in [3.63, 3.8) is 0 Å². The quantitative estimate of drug-likeness (QED) is 0.494. The Morgan fingerprint density at radius 1 is 1.26 bits per heavy atom. The number of nitro benzene ring substituents is 1. The molecule has 0 aliphatic heterocycles. The zero-order valence-corrected chi connectivity index (χ0v) is 15.7. The first kappa shape index (κ1) is 20.6. The number of rotatable bonds is 9. The van der Waals surface area contributed by atoms with E-state index in [9.17, 15) is 23.3 Å². The van der Waals surface area contributed by atoms with Gasteiger partial charge in [-0.25, -0.2) is 8.42 Å². The van der Waals surface area contributed by atoms with E-state index in [0.29, 0.717) is 5.76 Å². The average Bonchev–Trinajstić information content (AvgIpc) is 3.12. The van der Waals surface area contributed by atoms with E-state index < -0.39 is 26.9 Å². The van der Waals surface area contributed by atoms with Gasteiger partial charge in [-0.2, -0.15) is 4.72 Å². The van der Waals surface area contributed by atoms with Crippen LogP contribution in [0.2, 0.25) is 0 Å². The number of furan rings is 1. The zero-order valence-electron chi connectivity index (χ0n) is 14.9. The maximum Gasteiger partial charge on any atom is 0.270 e. The van der Waals surface area contributed by atoms with Gasteiger partial charge in [-0.15, -0.1) is 0 Å². The molecule has 0 aliphatic rings. The normalized spacial score (nSPS) is 12.7. The molecule has 2 aromatic rings. The molecule has 0 saturated carbocycles. The highest BCUT2D eigenvalue weighted by molar-refractivity contribution is 7.89. The van der Waals surface area contributed by atoms with Crippen LogP contribution in [0.1, 0.15) is 26.0 Å². The maximum absolute atomic E-state index is 12.6. The molecule has 0 radical (unpaired) electrons. The molecule has 1 heterocycles. The molecule has 0 saturated heterocycles. The number of hydrogen-bond donors (Lipinski definition) is 2. The highest BCUT2D eigenvalue weighted by Crippen LogP contribution is 2.18. The molecule has 1 atom stereocenters. The molecule has 2 rings (SSSR count). The van der Waals surface area contributed by atoms with Crippen molar-refractivity contribution in [3.05, 3.63) is 58.5 Å². The van der Waals surface area contributed by atoms with Crippen LogP contribution in [0.3, 0.4) is 0 Å². The van der Waals surface area contributed by atoms with E-state index in [1.807, 2.05) is 13.8 Å². The molecule has 0 unspecified atom stereocenters. The Morgan fingerprint density at radius 2 is 2.00 bits per heavy atom. The number of amides is 1. The van der Waals surface area contributed by atoms with Crippen molar-refractivity contribution in [3.8, 4) is 0 Å². The lowest BCUT2D eigenvalue weighted by molar-refractivity contribution is -0.385. The van der Waals surface area contributed by atoms with Crippen molar-refractivity contribution in [2.45, 2.75) is 37.8 Å². The molecule has 0 bridgehead atoms. The Morgan fingerprint density at radius 3 is 2.59 bits per heavy atom. The first-order chi connectivity index (χ1) is 12.7. The molecule has 27 heavy (non-hydrogen) atoms. The summed E-state index contributed by atoms with van der Waals surface area (Å²) in [4.78, 5) is 22.4. The predicted molar refractivity (Wildman–Crippen MR) is 97.2 cm³/mol. The molecule has 1 aromatic carbocycles. The van der Waals surface area contributed by atoms with Crippen LogP contribution in [0, 0.1) is 16.0 Å². The summed E-state index contributed by atoms with van der Waals surface area (Å²) >= 11 is 0. The standard InChI is InChI=1S/C17H21N3O6S/c1-12(2)9-16(17(21)18-11-14-6-4-8-26-14)19-27(24,25)15-7-3-5-13(10-15)20(22)23/h3-8,10,12,16,19H,9,11H2,1-2H3,(H,18,21)/t16-/m1/s1. The van der Waals surface area contributed by atoms with Gasteiger partial charge in [0.25, 0.3) is 5.69 Å². The topological polar surface area (TPSA) is 132 Å². The van der Waals surface area contributed by atoms with E-state index in [-0.39, 0.29) is 29.5 Å². The Hall–Kier alpha value is -2.72. The molecule has 0 aliphatic carbocycles. The van der Waals surface area contributed by atoms with Crippen molar-refractivity contribution in [2.75, 3.05) is 0 Å². The molecule has 2 N–H and O–H groups in total. The Bertz CT molecular complexity index is 893. The zero-order chi connectivity index (χ0) is 20.0. The molecular weight excluding hydrogens is 374 g/mol. The lowest BCUT2D eigenvalue weighted by Crippen LogP contribution is -2.47. The van der Waals surface area contributed by atoms with E-state index in [4.69, 9.17) is 4.42 Å². The third-order valence-corrected chi connectivity index (χ3v) is 5.15. The van der Waals surface area contributed by atoms with Gasteiger partial charge in [-0.1, -0.05) is 19.9 Å². The van der Waals surface area contributed by atoms with Crippen molar-refractivity contribution < 1.29 is 22.6 Å². The largest absolute Gasteiger partial charge is 0.467 e. The number of nitro groups is 1. The summed E-state index contributed by atoms with van der Waals surface area (Å²) in [6.45, 7) is 3.84. The number of non-ortho nitro benzene ring substituents is 1. The number of carbonyl (C=O) groups excluding carboxylic acids is 1. The van der Waals surface area contributed by atoms with Crippen LogP contribution in [-0.2, 0) is 21.4 Å². The second-order valence-corrected chi connectivity index (χ2v) is 8.07. The number of benzene rings is 1. The smallest absolute Gasteiger partial charge is 0.270 e. The van der Waals surface area contributed by atoms with Crippen LogP contribution in [0.25, 0.3) is 0 Å². The van der Waals surface area contributed by atoms with E-state index in [2.05, 4.69) is 10.0 Å². The van der Waals surface area contributed by atoms with Crippen molar-refractivity contribution in [2.24, 2.45) is 5.92 Å². The fraction of sp³-hybridized carbons (Fsp3) is 0.353. The molecule has 10 heteroatoms. The third kappa shape index (κ3) is 5.90. The minimum atomic E-state index is -4.12. The fourth-order valence-corrected chi connectivity index (χ4v) is 3.66. The van der Waals surface area contributed by atoms with E-state index in [1.54, 1.807) is 12.1 Å². The number of hydrogen-bond acceptors (Lipinski definition) is 6. The van der Waals surface area contributed by atoms with E-state index in [0.717, 1.165) is 6.07 Å². The molecular formula is C17H21N3O6S. The summed E-state index contributed by atoms with van der Waals surface area (Å²) in [5, 5.41) is 13.5. The molecule has 1 amide bonds. The second kappa shape index (κ2) is 8.78. The van der Waals surface area contributed by atoms with Crippen LogP contribution in [0.5, 0.6) is 0 Å². The summed E-state index contributed by atoms with van der Waals surface area (Å²) in [5.41, 5.74) is -0.347. The Balaban J connectivity index is 2.17. The summed E-state index contributed by atoms with van der Waals surface area (Å²) < 4.78 is 32.7. The third-order valence-electron chi connectivity index (χ3n) is 3.68. The fourth-order valence-electron chi connectivity index (χ4n) is 2.41. The molecule has 0 spiro atoms. The first-order valence-electron chi connectivity index (χ1n) is 8.26. The van der Waals surface area contributed by atoms with Gasteiger partial charge in [-0.05, 0) is 30.5 Å². The molecule has 0 fully saturated rings. The van der Waals surface area contributed by atoms with Gasteiger partial charge in [0.2, 0.25) is 15.9 Å². The Kier molecular flexibility index (Phi) is 6.70.